The normalized spacial score (nSPS) is 16.2. The van der Waals surface area contributed by atoms with Gasteiger partial charge in [-0.1, -0.05) is 0 Å². The Hall–Kier alpha value is -0.620. The Balaban J connectivity index is 2.08. The molecule has 1 aromatic heterocycles. The Labute approximate surface area is 117 Å². The van der Waals surface area contributed by atoms with Crippen LogP contribution in [0.1, 0.15) is 6.92 Å². The lowest BCUT2D eigenvalue weighted by atomic mass is 10.3. The summed E-state index contributed by atoms with van der Waals surface area (Å²) < 4.78 is 1.93. The molecule has 1 aliphatic rings. The molecule has 92 valence electrons. The van der Waals surface area contributed by atoms with E-state index in [2.05, 4.69) is 41.7 Å². The van der Waals surface area contributed by atoms with Crippen LogP contribution in [0.5, 0.6) is 0 Å². The Morgan fingerprint density at radius 1 is 1.29 bits per heavy atom. The van der Waals surface area contributed by atoms with Gasteiger partial charge in [0.25, 0.3) is 0 Å². The van der Waals surface area contributed by atoms with E-state index in [9.17, 15) is 4.79 Å². The predicted molar refractivity (Wildman–Crippen MR) is 74.1 cm³/mol. The number of nitrogens with zero attached hydrogens (tertiary/aromatic N) is 3. The highest BCUT2D eigenvalue weighted by molar-refractivity contribution is 9.11. The van der Waals surface area contributed by atoms with Crippen LogP contribution in [-0.2, 0) is 4.79 Å². The van der Waals surface area contributed by atoms with Crippen LogP contribution in [0.2, 0.25) is 0 Å². The van der Waals surface area contributed by atoms with Gasteiger partial charge >= 0.3 is 0 Å². The summed E-state index contributed by atoms with van der Waals surface area (Å²) in [6, 6.07) is 1.99. The summed E-state index contributed by atoms with van der Waals surface area (Å²) in [6.45, 7) is 4.79. The molecule has 0 spiro atoms. The average molecular weight is 363 g/mol. The van der Waals surface area contributed by atoms with Crippen molar-refractivity contribution in [2.45, 2.75) is 6.92 Å². The molecule has 1 aromatic rings. The minimum Gasteiger partial charge on any atom is -0.352 e. The zero-order valence-corrected chi connectivity index (χ0v) is 12.7. The number of carbonyl (C=O) groups excluding carboxylic acids is 1. The molecular weight excluding hydrogens is 350 g/mol. The summed E-state index contributed by atoms with van der Waals surface area (Å²) in [5, 5.41) is 0. The van der Waals surface area contributed by atoms with Crippen molar-refractivity contribution in [3.63, 3.8) is 0 Å². The van der Waals surface area contributed by atoms with Gasteiger partial charge in [-0.2, -0.15) is 0 Å². The highest BCUT2D eigenvalue weighted by Crippen LogP contribution is 2.27. The minimum absolute atomic E-state index is 0.146. The van der Waals surface area contributed by atoms with Crippen molar-refractivity contribution in [3.05, 3.63) is 21.2 Å². The summed E-state index contributed by atoms with van der Waals surface area (Å²) in [5.74, 6) is 1.09. The average Bonchev–Trinajstić information content (AvgIpc) is 2.29. The highest BCUT2D eigenvalue weighted by Gasteiger charge is 2.20. The number of amides is 1. The number of carbonyl (C=O) groups is 1. The van der Waals surface area contributed by atoms with Gasteiger partial charge in [0.05, 0.1) is 4.47 Å². The van der Waals surface area contributed by atoms with E-state index in [0.29, 0.717) is 0 Å². The molecule has 6 heteroatoms. The molecule has 0 bridgehead atoms. The fourth-order valence-electron chi connectivity index (χ4n) is 1.87. The van der Waals surface area contributed by atoms with Gasteiger partial charge in [-0.25, -0.2) is 4.98 Å². The first-order valence-corrected chi connectivity index (χ1v) is 6.98. The van der Waals surface area contributed by atoms with Gasteiger partial charge in [0.15, 0.2) is 0 Å². The number of aromatic nitrogens is 1. The summed E-state index contributed by atoms with van der Waals surface area (Å²) in [6.07, 6.45) is 1.79. The second-order valence-corrected chi connectivity index (χ2v) is 5.72. The standard InChI is InChI=1S/C11H13Br2N3O/c1-8(17)15-2-4-16(5-3-15)11-10(13)6-9(12)7-14-11/h6-7H,2-5H2,1H3. The molecule has 1 aliphatic heterocycles. The molecule has 0 atom stereocenters. The molecular formula is C11H13Br2N3O. The lowest BCUT2D eigenvalue weighted by molar-refractivity contribution is -0.129. The molecule has 0 radical (unpaired) electrons. The first kappa shape index (κ1) is 12.8. The van der Waals surface area contributed by atoms with E-state index in [1.54, 1.807) is 13.1 Å². The molecule has 17 heavy (non-hydrogen) atoms. The maximum absolute atomic E-state index is 11.2. The smallest absolute Gasteiger partial charge is 0.219 e. The maximum Gasteiger partial charge on any atom is 0.219 e. The lowest BCUT2D eigenvalue weighted by Gasteiger charge is -2.35. The fraction of sp³-hybridized carbons (Fsp3) is 0.455. The quantitative estimate of drug-likeness (QED) is 0.768. The van der Waals surface area contributed by atoms with Crippen molar-refractivity contribution in [3.8, 4) is 0 Å². The van der Waals surface area contributed by atoms with Gasteiger partial charge < -0.3 is 9.80 Å². The molecule has 1 amide bonds. The number of anilines is 1. The number of piperazine rings is 1. The van der Waals surface area contributed by atoms with E-state index in [1.807, 2.05) is 11.0 Å². The number of halogens is 2. The van der Waals surface area contributed by atoms with Crippen LogP contribution >= 0.6 is 31.9 Å². The van der Waals surface area contributed by atoms with Crippen LogP contribution in [0.4, 0.5) is 5.82 Å². The number of pyridine rings is 1. The van der Waals surface area contributed by atoms with Crippen LogP contribution < -0.4 is 4.90 Å². The van der Waals surface area contributed by atoms with Crippen molar-refractivity contribution in [2.24, 2.45) is 0 Å². The van der Waals surface area contributed by atoms with Crippen molar-refractivity contribution in [2.75, 3.05) is 31.1 Å². The van der Waals surface area contributed by atoms with Crippen molar-refractivity contribution < 1.29 is 4.79 Å². The summed E-state index contributed by atoms with van der Waals surface area (Å²) in [5.41, 5.74) is 0. The summed E-state index contributed by atoms with van der Waals surface area (Å²) in [4.78, 5) is 19.7. The second kappa shape index (κ2) is 5.35. The number of rotatable bonds is 1. The summed E-state index contributed by atoms with van der Waals surface area (Å²) >= 11 is 6.90. The third kappa shape index (κ3) is 2.98. The SMILES string of the molecule is CC(=O)N1CCN(c2ncc(Br)cc2Br)CC1. The lowest BCUT2D eigenvalue weighted by Crippen LogP contribution is -2.48. The first-order chi connectivity index (χ1) is 8.08. The monoisotopic (exact) mass is 361 g/mol. The van der Waals surface area contributed by atoms with Gasteiger partial charge in [-0.05, 0) is 37.9 Å². The molecule has 4 nitrogen and oxygen atoms in total. The van der Waals surface area contributed by atoms with E-state index >= 15 is 0 Å². The molecule has 2 heterocycles. The van der Waals surface area contributed by atoms with Crippen LogP contribution in [0.15, 0.2) is 21.2 Å². The van der Waals surface area contributed by atoms with Crippen LogP contribution in [0.3, 0.4) is 0 Å². The van der Waals surface area contributed by atoms with Gasteiger partial charge in [-0.3, -0.25) is 4.79 Å². The van der Waals surface area contributed by atoms with Crippen LogP contribution in [0.25, 0.3) is 0 Å². The Bertz CT molecular complexity index is 431. The van der Waals surface area contributed by atoms with E-state index < -0.39 is 0 Å². The molecule has 0 N–H and O–H groups in total. The largest absolute Gasteiger partial charge is 0.352 e. The van der Waals surface area contributed by atoms with Crippen molar-refractivity contribution >= 4 is 43.6 Å². The number of hydrogen-bond donors (Lipinski definition) is 0. The molecule has 0 saturated carbocycles. The van der Waals surface area contributed by atoms with Crippen molar-refractivity contribution in [1.82, 2.24) is 9.88 Å². The van der Waals surface area contributed by atoms with Crippen LogP contribution in [-0.4, -0.2) is 42.0 Å². The molecule has 2 rings (SSSR count). The van der Waals surface area contributed by atoms with E-state index in [4.69, 9.17) is 0 Å². The van der Waals surface area contributed by atoms with Crippen molar-refractivity contribution in [1.29, 1.82) is 0 Å². The summed E-state index contributed by atoms with van der Waals surface area (Å²) in [7, 11) is 0. The fourth-order valence-corrected chi connectivity index (χ4v) is 3.11. The zero-order valence-electron chi connectivity index (χ0n) is 9.49. The first-order valence-electron chi connectivity index (χ1n) is 5.39. The molecule has 1 saturated heterocycles. The Morgan fingerprint density at radius 3 is 2.47 bits per heavy atom. The minimum atomic E-state index is 0.146. The van der Waals surface area contributed by atoms with Gasteiger partial charge in [0, 0.05) is 43.8 Å². The molecule has 0 aromatic carbocycles. The topological polar surface area (TPSA) is 36.4 Å². The van der Waals surface area contributed by atoms with E-state index in [0.717, 1.165) is 40.9 Å². The third-order valence-electron chi connectivity index (χ3n) is 2.81. The third-order valence-corrected chi connectivity index (χ3v) is 3.83. The molecule has 0 aliphatic carbocycles. The number of hydrogen-bond acceptors (Lipinski definition) is 3. The van der Waals surface area contributed by atoms with Crippen LogP contribution in [0, 0.1) is 0 Å². The second-order valence-electron chi connectivity index (χ2n) is 3.95. The van der Waals surface area contributed by atoms with Gasteiger partial charge in [0.1, 0.15) is 5.82 Å². The maximum atomic E-state index is 11.2. The molecule has 0 unspecified atom stereocenters. The van der Waals surface area contributed by atoms with E-state index in [1.165, 1.54) is 0 Å². The predicted octanol–water partition coefficient (Wildman–Crippen LogP) is 2.28. The van der Waals surface area contributed by atoms with Gasteiger partial charge in [-0.15, -0.1) is 0 Å². The van der Waals surface area contributed by atoms with E-state index in [-0.39, 0.29) is 5.91 Å². The Morgan fingerprint density at radius 2 is 1.94 bits per heavy atom. The Kier molecular flexibility index (Phi) is 4.04. The highest BCUT2D eigenvalue weighted by atomic mass is 79.9. The molecule has 1 fully saturated rings. The zero-order chi connectivity index (χ0) is 12.4. The van der Waals surface area contributed by atoms with Gasteiger partial charge in [0.2, 0.25) is 5.91 Å².